The highest BCUT2D eigenvalue weighted by molar-refractivity contribution is 5.08. The van der Waals surface area contributed by atoms with Crippen LogP contribution in [0.5, 0.6) is 0 Å². The summed E-state index contributed by atoms with van der Waals surface area (Å²) < 4.78 is 4.45. The molecule has 0 atom stereocenters. The lowest BCUT2D eigenvalue weighted by Crippen LogP contribution is -1.57. The van der Waals surface area contributed by atoms with Gasteiger partial charge in [0.15, 0.2) is 12.6 Å². The van der Waals surface area contributed by atoms with Gasteiger partial charge in [-0.1, -0.05) is 0 Å². The maximum atomic E-state index is 8.01. The molecule has 1 heterocycles. The van der Waals surface area contributed by atoms with Crippen molar-refractivity contribution < 1.29 is 4.42 Å². The molecule has 3 nitrogen and oxygen atoms in total. The Bertz CT molecular complexity index is 172. The molecule has 0 amide bonds. The number of aromatic nitrogens is 1. The Labute approximate surface area is 40.2 Å². The normalized spacial score (nSPS) is 7.86. The maximum absolute atomic E-state index is 8.01. The van der Waals surface area contributed by atoms with Crippen molar-refractivity contribution in [2.45, 2.75) is 0 Å². The Morgan fingerprint density at radius 2 is 2.86 bits per heavy atom. The van der Waals surface area contributed by atoms with E-state index in [1.54, 1.807) is 6.07 Å². The second-order valence-electron chi connectivity index (χ2n) is 0.905. The van der Waals surface area contributed by atoms with E-state index >= 15 is 0 Å². The fourth-order valence-electron chi connectivity index (χ4n) is 0.242. The fourth-order valence-corrected chi connectivity index (χ4v) is 0.242. The molecule has 1 radical (unpaired) electrons. The topological polar surface area (TPSA) is 49.8 Å². The molecule has 0 aromatic carbocycles. The average Bonchev–Trinajstić information content (AvgIpc) is 2.14. The minimum Gasteiger partial charge on any atom is -0.432 e. The van der Waals surface area contributed by atoms with Crippen LogP contribution in [0.2, 0.25) is 0 Å². The van der Waals surface area contributed by atoms with E-state index in [1.165, 1.54) is 6.39 Å². The third-order valence-electron chi connectivity index (χ3n) is 0.491. The van der Waals surface area contributed by atoms with Gasteiger partial charge in [0.1, 0.15) is 6.07 Å². The lowest BCUT2D eigenvalue weighted by atomic mass is 10.6. The van der Waals surface area contributed by atoms with Gasteiger partial charge in [-0.3, -0.25) is 0 Å². The Morgan fingerprint density at radius 1 is 2.00 bits per heavy atom. The summed E-state index contributed by atoms with van der Waals surface area (Å²) in [5.41, 5.74) is 0. The molecular formula is C4HN2O. The molecule has 0 bridgehead atoms. The Morgan fingerprint density at radius 3 is 3.14 bits per heavy atom. The molecule has 0 N–H and O–H groups in total. The van der Waals surface area contributed by atoms with E-state index in [0.717, 1.165) is 0 Å². The number of oxazole rings is 1. The van der Waals surface area contributed by atoms with Gasteiger partial charge in [-0.15, -0.1) is 0 Å². The van der Waals surface area contributed by atoms with Crippen LogP contribution >= 0.6 is 0 Å². The first-order chi connectivity index (χ1) is 3.43. The molecule has 0 aliphatic carbocycles. The summed E-state index contributed by atoms with van der Waals surface area (Å²) >= 11 is 0. The third kappa shape index (κ3) is 0.578. The predicted octanol–water partition coefficient (Wildman–Crippen LogP) is 0.346. The second kappa shape index (κ2) is 1.43. The Balaban J connectivity index is 3.04. The van der Waals surface area contributed by atoms with Crippen LogP contribution in [0.1, 0.15) is 5.76 Å². The number of hydrogen-bond donors (Lipinski definition) is 0. The average molecular weight is 93.1 g/mol. The van der Waals surface area contributed by atoms with Gasteiger partial charge in [-0.2, -0.15) is 5.26 Å². The number of hydrogen-bond acceptors (Lipinski definition) is 3. The maximum Gasteiger partial charge on any atom is 0.233 e. The summed E-state index contributed by atoms with van der Waals surface area (Å²) in [7, 11) is 0. The van der Waals surface area contributed by atoms with Crippen LogP contribution in [0, 0.1) is 17.5 Å². The monoisotopic (exact) mass is 93.0 g/mol. The van der Waals surface area contributed by atoms with Gasteiger partial charge in [-0.25, -0.2) is 4.98 Å². The van der Waals surface area contributed by atoms with Crippen LogP contribution in [0.3, 0.4) is 0 Å². The van der Waals surface area contributed by atoms with Gasteiger partial charge in [0, 0.05) is 0 Å². The van der Waals surface area contributed by atoms with E-state index in [2.05, 4.69) is 15.6 Å². The van der Waals surface area contributed by atoms with Gasteiger partial charge in [0.05, 0.1) is 0 Å². The minimum absolute atomic E-state index is 0.125. The molecule has 7 heavy (non-hydrogen) atoms. The summed E-state index contributed by atoms with van der Waals surface area (Å²) in [6.07, 6.45) is 3.47. The van der Waals surface area contributed by atoms with E-state index in [-0.39, 0.29) is 5.76 Å². The number of nitrogens with zero attached hydrogens (tertiary/aromatic N) is 2. The molecule has 0 aliphatic rings. The molecule has 0 saturated heterocycles. The highest BCUT2D eigenvalue weighted by Gasteiger charge is 1.87. The van der Waals surface area contributed by atoms with E-state index in [1.807, 2.05) is 0 Å². The van der Waals surface area contributed by atoms with Crippen molar-refractivity contribution in [2.75, 3.05) is 0 Å². The highest BCUT2D eigenvalue weighted by atomic mass is 16.3. The summed E-state index contributed by atoms with van der Waals surface area (Å²) in [4.78, 5) is 3.38. The SMILES string of the molecule is N#Cc1[c]nco1. The molecule has 1 aromatic rings. The predicted molar refractivity (Wildman–Crippen MR) is 20.1 cm³/mol. The molecule has 0 saturated carbocycles. The summed E-state index contributed by atoms with van der Waals surface area (Å²) in [5.74, 6) is 0.125. The lowest BCUT2D eigenvalue weighted by molar-refractivity contribution is 0.544. The van der Waals surface area contributed by atoms with Gasteiger partial charge < -0.3 is 4.42 Å². The standard InChI is InChI=1S/C4HN2O/c5-1-4-2-6-3-7-4/h3H. The van der Waals surface area contributed by atoms with Crippen molar-refractivity contribution in [1.82, 2.24) is 4.98 Å². The zero-order valence-corrected chi connectivity index (χ0v) is 3.38. The Kier molecular flexibility index (Phi) is 0.794. The zero-order chi connectivity index (χ0) is 5.11. The fraction of sp³-hybridized carbons (Fsp3) is 0. The number of nitriles is 1. The van der Waals surface area contributed by atoms with Crippen LogP contribution in [-0.4, -0.2) is 4.98 Å². The minimum atomic E-state index is 0.125. The second-order valence-corrected chi connectivity index (χ2v) is 0.905. The number of rotatable bonds is 0. The molecule has 1 aromatic heterocycles. The first-order valence-corrected chi connectivity index (χ1v) is 1.65. The first kappa shape index (κ1) is 3.88. The van der Waals surface area contributed by atoms with E-state index in [9.17, 15) is 0 Å². The van der Waals surface area contributed by atoms with Crippen LogP contribution in [0.15, 0.2) is 10.8 Å². The van der Waals surface area contributed by atoms with E-state index < -0.39 is 0 Å². The Hall–Kier alpha value is -1.30. The third-order valence-corrected chi connectivity index (χ3v) is 0.491. The molecule has 33 valence electrons. The smallest absolute Gasteiger partial charge is 0.233 e. The van der Waals surface area contributed by atoms with Crippen molar-refractivity contribution in [3.63, 3.8) is 0 Å². The van der Waals surface area contributed by atoms with Crippen LogP contribution < -0.4 is 0 Å². The van der Waals surface area contributed by atoms with Crippen LogP contribution in [0.4, 0.5) is 0 Å². The molecule has 0 fully saturated rings. The van der Waals surface area contributed by atoms with Crippen molar-refractivity contribution in [3.05, 3.63) is 18.4 Å². The first-order valence-electron chi connectivity index (χ1n) is 1.65. The molecule has 3 heteroatoms. The molecule has 0 spiro atoms. The molecular weight excluding hydrogens is 92.1 g/mol. The highest BCUT2D eigenvalue weighted by Crippen LogP contribution is 1.88. The summed E-state index contributed by atoms with van der Waals surface area (Å²) in [6.45, 7) is 0. The van der Waals surface area contributed by atoms with E-state index in [4.69, 9.17) is 5.26 Å². The van der Waals surface area contributed by atoms with Crippen molar-refractivity contribution in [1.29, 1.82) is 5.26 Å². The lowest BCUT2D eigenvalue weighted by Gasteiger charge is -1.62. The summed E-state index contributed by atoms with van der Waals surface area (Å²) in [5, 5.41) is 8.01. The molecule has 1 rings (SSSR count). The summed E-state index contributed by atoms with van der Waals surface area (Å²) in [6, 6.07) is 1.72. The zero-order valence-electron chi connectivity index (χ0n) is 3.38. The molecule has 0 unspecified atom stereocenters. The van der Waals surface area contributed by atoms with Crippen molar-refractivity contribution in [2.24, 2.45) is 0 Å². The van der Waals surface area contributed by atoms with Crippen LogP contribution in [0.25, 0.3) is 0 Å². The van der Waals surface area contributed by atoms with Gasteiger partial charge >= 0.3 is 0 Å². The van der Waals surface area contributed by atoms with Gasteiger partial charge in [0.25, 0.3) is 0 Å². The van der Waals surface area contributed by atoms with Gasteiger partial charge in [0.2, 0.25) is 5.76 Å². The largest absolute Gasteiger partial charge is 0.432 e. The van der Waals surface area contributed by atoms with E-state index in [0.29, 0.717) is 0 Å². The quantitative estimate of drug-likeness (QED) is 0.465. The van der Waals surface area contributed by atoms with Crippen LogP contribution in [-0.2, 0) is 0 Å². The molecule has 0 aliphatic heterocycles. The van der Waals surface area contributed by atoms with Crippen molar-refractivity contribution >= 4 is 0 Å². The van der Waals surface area contributed by atoms with Gasteiger partial charge in [-0.05, 0) is 0 Å². The van der Waals surface area contributed by atoms with Crippen molar-refractivity contribution in [3.8, 4) is 6.07 Å².